The Morgan fingerprint density at radius 2 is 0.975 bits per heavy atom. The molecule has 8 bridgehead atoms. The lowest BCUT2D eigenvalue weighted by Gasteiger charge is -2.55. The zero-order valence-electron chi connectivity index (χ0n) is 46.8. The third kappa shape index (κ3) is 12.5. The van der Waals surface area contributed by atoms with Crippen molar-refractivity contribution in [2.45, 2.75) is 238 Å². The van der Waals surface area contributed by atoms with Crippen LogP contribution in [0.5, 0.6) is 0 Å². The van der Waals surface area contributed by atoms with Gasteiger partial charge in [0.25, 0.3) is 11.1 Å². The van der Waals surface area contributed by atoms with Gasteiger partial charge in [-0.1, -0.05) is 71.0 Å². The van der Waals surface area contributed by atoms with E-state index in [4.69, 9.17) is 9.57 Å². The van der Waals surface area contributed by atoms with Crippen LogP contribution in [0, 0.1) is 35.5 Å². The average Bonchev–Trinajstić information content (AvgIpc) is 3.58. The molecule has 15 heteroatoms. The Balaban J connectivity index is 0.000000189. The molecule has 436 valence electrons. The minimum absolute atomic E-state index is 0. The van der Waals surface area contributed by atoms with Gasteiger partial charge in [-0.2, -0.15) is 0 Å². The molecular weight excluding hydrogens is 1010 g/mol. The van der Waals surface area contributed by atoms with Crippen molar-refractivity contribution >= 4 is 45.5 Å². The minimum Gasteiger partial charge on any atom is -0.481 e. The van der Waals surface area contributed by atoms with E-state index in [1.807, 2.05) is 57.7 Å². The second-order valence-electron chi connectivity index (χ2n) is 25.6. The molecule has 15 nitrogen and oxygen atoms in total. The maximum atomic E-state index is 14.1. The highest BCUT2D eigenvalue weighted by atomic mass is 16.6. The number of esters is 1. The summed E-state index contributed by atoms with van der Waals surface area (Å²) in [5, 5.41) is 13.3. The zero-order valence-corrected chi connectivity index (χ0v) is 46.8. The van der Waals surface area contributed by atoms with E-state index < -0.39 is 11.9 Å². The number of ketones is 1. The van der Waals surface area contributed by atoms with Crippen LogP contribution >= 0.6 is 0 Å². The van der Waals surface area contributed by atoms with E-state index in [2.05, 4.69) is 38.8 Å². The Morgan fingerprint density at radius 1 is 0.550 bits per heavy atom. The van der Waals surface area contributed by atoms with Crippen LogP contribution in [0.15, 0.2) is 63.3 Å². The van der Waals surface area contributed by atoms with E-state index >= 15 is 0 Å². The number of nitrogens with zero attached hydrogens (tertiary/aromatic N) is 7. The first-order chi connectivity index (χ1) is 37.8. The van der Waals surface area contributed by atoms with Crippen molar-refractivity contribution in [2.24, 2.45) is 40.7 Å². The van der Waals surface area contributed by atoms with E-state index in [9.17, 15) is 29.1 Å². The number of carbonyl (C=O) groups excluding carboxylic acids is 2. The van der Waals surface area contributed by atoms with E-state index in [1.54, 1.807) is 6.92 Å². The van der Waals surface area contributed by atoms with Crippen molar-refractivity contribution in [3.05, 3.63) is 80.6 Å². The summed E-state index contributed by atoms with van der Waals surface area (Å²) in [5.41, 5.74) is 3.02. The normalized spacial score (nSPS) is 32.1. The van der Waals surface area contributed by atoms with Crippen LogP contribution in [0.4, 0.5) is 0 Å². The van der Waals surface area contributed by atoms with Gasteiger partial charge in [-0.15, -0.1) is 0 Å². The monoisotopic (exact) mass is 1100 g/mol. The van der Waals surface area contributed by atoms with Crippen LogP contribution in [0.25, 0.3) is 22.1 Å². The Hall–Kier alpha value is -5.28. The molecule has 4 saturated carbocycles. The number of rotatable bonds is 14. The Bertz CT molecular complexity index is 2930. The van der Waals surface area contributed by atoms with Gasteiger partial charge in [-0.3, -0.25) is 33.8 Å². The fourth-order valence-electron chi connectivity index (χ4n) is 17.7. The van der Waals surface area contributed by atoms with Gasteiger partial charge in [0.15, 0.2) is 17.2 Å². The van der Waals surface area contributed by atoms with Gasteiger partial charge in [0.1, 0.15) is 12.8 Å². The molecular formula is C65H93N7O8. The molecule has 2 aromatic carbocycles. The van der Waals surface area contributed by atoms with E-state index in [0.717, 1.165) is 77.7 Å². The number of oxime groups is 1. The summed E-state index contributed by atoms with van der Waals surface area (Å²) < 4.78 is 8.83. The van der Waals surface area contributed by atoms with Gasteiger partial charge in [0, 0.05) is 61.2 Å². The van der Waals surface area contributed by atoms with Crippen molar-refractivity contribution in [2.75, 3.05) is 13.7 Å². The lowest BCUT2D eigenvalue weighted by atomic mass is 9.65. The second-order valence-corrected chi connectivity index (χ2v) is 25.6. The molecule has 2 aromatic heterocycles. The number of fused-ring (bicyclic) bond motifs is 10. The third-order valence-corrected chi connectivity index (χ3v) is 20.0. The number of piperidine rings is 4. The summed E-state index contributed by atoms with van der Waals surface area (Å²) in [4.78, 5) is 84.3. The summed E-state index contributed by atoms with van der Waals surface area (Å²) in [6, 6.07) is 19.0. The topological polar surface area (TPSA) is 179 Å². The van der Waals surface area contributed by atoms with Crippen LogP contribution in [0.1, 0.15) is 218 Å². The number of hydrogen-bond acceptors (Lipinski definition) is 12. The standard InChI is InChI=1S/C32H43N3O4.C31H42N4O4.2CH4/c1-3-39-30(37)12-11-29(36)31-32(38)35(28-10-5-4-9-27(28)33-31)26-18-23-7-6-8-24(19-26)34(23)25-16-21-13-20(2)14-22(15-21)17-25;1-19-12-20-14-21(13-19)16-24(15-20)34-22-6-5-7-23(34)18-25(17-22)35-28-9-4-3-8-26(28)32-30(31(35)38)27(33-39-2)10-11-29(36)37;;/h4-5,9-10,20-26H,3,6-8,11-19H2,1-2H3;3-4,8-9,19-25H,5-7,10-18H2,1-2H3,(H,36,37);2*1H4/b;33-27+;;/t20?,21?,22?,23-,24+,25?,26?;19?,20?,21?,22-,23+,24?,25?;;. The number of ether oxygens (including phenoxy) is 1. The van der Waals surface area contributed by atoms with E-state index in [-0.39, 0.29) is 87.5 Å². The zero-order chi connectivity index (χ0) is 54.2. The van der Waals surface area contributed by atoms with Gasteiger partial charge in [0.2, 0.25) is 0 Å². The Kier molecular flexibility index (Phi) is 19.2. The second kappa shape index (κ2) is 25.9. The highest BCUT2D eigenvalue weighted by Gasteiger charge is 2.48. The first-order valence-electron chi connectivity index (χ1n) is 30.4. The van der Waals surface area contributed by atoms with Crippen LogP contribution in [0.3, 0.4) is 0 Å². The number of Topliss-reactive ketones (excluding diaryl/α,β-unsaturated/α-hetero) is 1. The molecule has 4 aromatic rings. The number of para-hydroxylation sites is 4. The number of carboxylic acids is 1. The lowest BCUT2D eigenvalue weighted by molar-refractivity contribution is -0.143. The van der Waals surface area contributed by atoms with Crippen molar-refractivity contribution in [3.8, 4) is 0 Å². The molecule has 8 fully saturated rings. The molecule has 10 atom stereocenters. The molecule has 6 heterocycles. The first kappa shape index (κ1) is 59.3. The summed E-state index contributed by atoms with van der Waals surface area (Å²) in [5.74, 6) is 3.54. The van der Waals surface area contributed by atoms with Crippen LogP contribution in [-0.2, 0) is 19.2 Å². The molecule has 0 radical (unpaired) electrons. The quantitative estimate of drug-likeness (QED) is 0.0547. The van der Waals surface area contributed by atoms with Crippen molar-refractivity contribution < 1.29 is 29.1 Å². The molecule has 0 amide bonds. The van der Waals surface area contributed by atoms with Gasteiger partial charge in [-0.05, 0) is 182 Å². The van der Waals surface area contributed by atoms with E-state index in [1.165, 1.54) is 110 Å². The molecule has 0 spiro atoms. The lowest BCUT2D eigenvalue weighted by Crippen LogP contribution is -2.59. The number of carbonyl (C=O) groups is 3. The molecule has 12 rings (SSSR count). The number of benzene rings is 2. The van der Waals surface area contributed by atoms with Gasteiger partial charge in [0.05, 0.1) is 41.5 Å². The van der Waals surface area contributed by atoms with E-state index in [0.29, 0.717) is 47.5 Å². The molecule has 4 saturated heterocycles. The molecule has 1 N–H and O–H groups in total. The molecule has 4 aliphatic carbocycles. The first-order valence-corrected chi connectivity index (χ1v) is 30.4. The maximum absolute atomic E-state index is 14.1. The largest absolute Gasteiger partial charge is 0.481 e. The number of aromatic nitrogens is 4. The van der Waals surface area contributed by atoms with Crippen molar-refractivity contribution in [3.63, 3.8) is 0 Å². The van der Waals surface area contributed by atoms with Crippen molar-refractivity contribution in [1.29, 1.82) is 0 Å². The number of aliphatic carboxylic acids is 1. The fourth-order valence-corrected chi connectivity index (χ4v) is 17.7. The molecule has 4 aliphatic heterocycles. The molecule has 6 unspecified atom stereocenters. The molecule has 8 aliphatic rings. The van der Waals surface area contributed by atoms with Crippen LogP contribution < -0.4 is 11.1 Å². The fraction of sp³-hybridized carbons (Fsp3) is 0.692. The summed E-state index contributed by atoms with van der Waals surface area (Å²) in [6.45, 7) is 6.89. The Morgan fingerprint density at radius 3 is 1.40 bits per heavy atom. The van der Waals surface area contributed by atoms with Gasteiger partial charge >= 0.3 is 11.9 Å². The van der Waals surface area contributed by atoms with Gasteiger partial charge in [-0.25, -0.2) is 9.97 Å². The smallest absolute Gasteiger partial charge is 0.306 e. The summed E-state index contributed by atoms with van der Waals surface area (Å²) >= 11 is 0. The number of carboxylic acid groups (broad SMARTS) is 1. The highest BCUT2D eigenvalue weighted by Crippen LogP contribution is 2.51. The predicted molar refractivity (Wildman–Crippen MR) is 315 cm³/mol. The third-order valence-electron chi connectivity index (χ3n) is 20.0. The number of hydrogen-bond donors (Lipinski definition) is 1. The Labute approximate surface area is 474 Å². The minimum atomic E-state index is -0.943. The van der Waals surface area contributed by atoms with Crippen LogP contribution in [-0.4, -0.2) is 107 Å². The maximum Gasteiger partial charge on any atom is 0.306 e. The highest BCUT2D eigenvalue weighted by molar-refractivity contribution is 6.01. The summed E-state index contributed by atoms with van der Waals surface area (Å²) in [6.07, 6.45) is 24.8. The van der Waals surface area contributed by atoms with Crippen molar-refractivity contribution in [1.82, 2.24) is 28.9 Å². The average molecular weight is 1100 g/mol. The van der Waals surface area contributed by atoms with Crippen LogP contribution in [0.2, 0.25) is 0 Å². The SMILES string of the molecule is C.C.CCOC(=O)CCC(=O)c1nc2ccccc2n(C2C[C@H]3CCC[C@@H](C2)N3C2CC3CC(C)CC(C3)C2)c1=O.CO/N=C(\CCC(=O)O)c1nc2ccccc2n(C2C[C@H]3CCC[C@@H](C2)N3C2CC3CC(C)CC(C3)C2)c1=O. The molecule has 80 heavy (non-hydrogen) atoms. The predicted octanol–water partition coefficient (Wildman–Crippen LogP) is 12.4. The summed E-state index contributed by atoms with van der Waals surface area (Å²) in [7, 11) is 1.41. The van der Waals surface area contributed by atoms with Gasteiger partial charge < -0.3 is 23.8 Å².